The van der Waals surface area contributed by atoms with Gasteiger partial charge in [-0.2, -0.15) is 0 Å². The van der Waals surface area contributed by atoms with E-state index in [-0.39, 0.29) is 12.1 Å². The quantitative estimate of drug-likeness (QED) is 0.899. The molecule has 2 amide bonds. The first kappa shape index (κ1) is 13.5. The lowest BCUT2D eigenvalue weighted by Gasteiger charge is -2.26. The smallest absolute Gasteiger partial charge is 0.315 e. The number of carbonyl (C=O) groups excluding carboxylic acids is 1. The molecule has 1 atom stereocenters. The van der Waals surface area contributed by atoms with Gasteiger partial charge in [-0.05, 0) is 6.07 Å². The van der Waals surface area contributed by atoms with Gasteiger partial charge in [-0.3, -0.25) is 0 Å². The number of urea groups is 1. The summed E-state index contributed by atoms with van der Waals surface area (Å²) in [5.41, 5.74) is 1.04. The molecule has 1 aliphatic rings. The lowest BCUT2D eigenvalue weighted by atomic mass is 10.0. The molecule has 6 nitrogen and oxygen atoms in total. The number of nitrogens with one attached hydrogen (secondary N) is 2. The van der Waals surface area contributed by atoms with Gasteiger partial charge in [0, 0.05) is 37.5 Å². The Morgan fingerprint density at radius 1 is 1.43 bits per heavy atom. The van der Waals surface area contributed by atoms with Gasteiger partial charge in [0.2, 0.25) is 0 Å². The minimum atomic E-state index is -0.156. The zero-order chi connectivity index (χ0) is 14.5. The van der Waals surface area contributed by atoms with E-state index in [4.69, 9.17) is 4.74 Å². The number of imidazole rings is 1. The molecular formula is C15H18N4O2. The average Bonchev–Trinajstić information content (AvgIpc) is 3.01. The summed E-state index contributed by atoms with van der Waals surface area (Å²) in [7, 11) is 0. The number of hydrogen-bond acceptors (Lipinski definition) is 3. The molecule has 1 aromatic heterocycles. The summed E-state index contributed by atoms with van der Waals surface area (Å²) in [6, 6.07) is 7.66. The molecule has 1 aliphatic heterocycles. The Kier molecular flexibility index (Phi) is 4.04. The van der Waals surface area contributed by atoms with Crippen molar-refractivity contribution in [2.45, 2.75) is 19.0 Å². The van der Waals surface area contributed by atoms with Crippen molar-refractivity contribution in [3.63, 3.8) is 0 Å². The van der Waals surface area contributed by atoms with Crippen molar-refractivity contribution >= 4 is 6.03 Å². The fourth-order valence-corrected chi connectivity index (χ4v) is 2.42. The first-order chi connectivity index (χ1) is 10.3. The van der Waals surface area contributed by atoms with Crippen LogP contribution in [0, 0.1) is 0 Å². The molecular weight excluding hydrogens is 268 g/mol. The molecule has 1 unspecified atom stereocenters. The highest BCUT2D eigenvalue weighted by atomic mass is 16.5. The summed E-state index contributed by atoms with van der Waals surface area (Å²) in [6.45, 7) is 1.89. The monoisotopic (exact) mass is 286 g/mol. The van der Waals surface area contributed by atoms with E-state index < -0.39 is 0 Å². The maximum Gasteiger partial charge on any atom is 0.315 e. The third kappa shape index (κ3) is 3.34. The zero-order valence-electron chi connectivity index (χ0n) is 11.7. The Labute approximate surface area is 123 Å². The van der Waals surface area contributed by atoms with Crippen molar-refractivity contribution in [3.8, 4) is 5.75 Å². The van der Waals surface area contributed by atoms with Crippen molar-refractivity contribution in [3.05, 3.63) is 48.5 Å². The number of aromatic nitrogens is 2. The summed E-state index contributed by atoms with van der Waals surface area (Å²) >= 11 is 0. The van der Waals surface area contributed by atoms with Crippen LogP contribution >= 0.6 is 0 Å². The molecule has 1 aromatic carbocycles. The molecule has 2 heterocycles. The second-order valence-corrected chi connectivity index (χ2v) is 4.93. The first-order valence-corrected chi connectivity index (χ1v) is 7.05. The Balaban J connectivity index is 1.51. The highest BCUT2D eigenvalue weighted by Gasteiger charge is 2.22. The van der Waals surface area contributed by atoms with Crippen molar-refractivity contribution < 1.29 is 9.53 Å². The maximum absolute atomic E-state index is 12.0. The van der Waals surface area contributed by atoms with Crippen LogP contribution in [0.2, 0.25) is 0 Å². The van der Waals surface area contributed by atoms with Gasteiger partial charge in [0.1, 0.15) is 5.75 Å². The van der Waals surface area contributed by atoms with E-state index in [1.165, 1.54) is 0 Å². The summed E-state index contributed by atoms with van der Waals surface area (Å²) < 4.78 is 7.50. The number of fused-ring (bicyclic) bond motifs is 1. The number of nitrogens with zero attached hydrogens (tertiary/aromatic N) is 2. The number of para-hydroxylation sites is 1. The highest BCUT2D eigenvalue weighted by molar-refractivity contribution is 5.74. The average molecular weight is 286 g/mol. The van der Waals surface area contributed by atoms with Crippen molar-refractivity contribution in [1.29, 1.82) is 0 Å². The van der Waals surface area contributed by atoms with E-state index in [1.54, 1.807) is 12.5 Å². The third-order valence-electron chi connectivity index (χ3n) is 3.48. The van der Waals surface area contributed by atoms with E-state index in [0.717, 1.165) is 17.7 Å². The molecule has 2 N–H and O–H groups in total. The van der Waals surface area contributed by atoms with E-state index in [1.807, 2.05) is 35.0 Å². The van der Waals surface area contributed by atoms with Crippen LogP contribution < -0.4 is 15.4 Å². The minimum Gasteiger partial charge on any atom is -0.493 e. The lowest BCUT2D eigenvalue weighted by molar-refractivity contribution is 0.223. The van der Waals surface area contributed by atoms with Crippen LogP contribution in [0.15, 0.2) is 43.0 Å². The first-order valence-electron chi connectivity index (χ1n) is 7.05. The maximum atomic E-state index is 12.0. The van der Waals surface area contributed by atoms with E-state index in [0.29, 0.717) is 19.7 Å². The van der Waals surface area contributed by atoms with Crippen molar-refractivity contribution in [2.75, 3.05) is 13.2 Å². The molecule has 0 saturated carbocycles. The summed E-state index contributed by atoms with van der Waals surface area (Å²) in [5, 5.41) is 5.86. The van der Waals surface area contributed by atoms with Gasteiger partial charge in [0.05, 0.1) is 19.0 Å². The van der Waals surface area contributed by atoms with Crippen LogP contribution in [0.4, 0.5) is 4.79 Å². The predicted molar refractivity (Wildman–Crippen MR) is 78.1 cm³/mol. The molecule has 0 saturated heterocycles. The topological polar surface area (TPSA) is 68.2 Å². The van der Waals surface area contributed by atoms with Gasteiger partial charge in [-0.1, -0.05) is 18.2 Å². The molecule has 3 rings (SSSR count). The molecule has 110 valence electrons. The Hall–Kier alpha value is -2.50. The van der Waals surface area contributed by atoms with Crippen LogP contribution in [-0.2, 0) is 6.54 Å². The standard InChI is InChI=1S/C15H18N4O2/c20-15(17-7-9-19-8-6-16-11-19)18-13-5-10-21-14-4-2-1-3-12(13)14/h1-4,6,8,11,13H,5,7,9-10H2,(H2,17,18,20). The number of amides is 2. The highest BCUT2D eigenvalue weighted by Crippen LogP contribution is 2.31. The summed E-state index contributed by atoms with van der Waals surface area (Å²) in [6.07, 6.45) is 6.10. The number of carbonyl (C=O) groups is 1. The minimum absolute atomic E-state index is 0.00296. The van der Waals surface area contributed by atoms with Gasteiger partial charge in [-0.15, -0.1) is 0 Å². The number of benzene rings is 1. The molecule has 21 heavy (non-hydrogen) atoms. The molecule has 0 fully saturated rings. The Morgan fingerprint density at radius 2 is 2.33 bits per heavy atom. The SMILES string of the molecule is O=C(NCCn1ccnc1)NC1CCOc2ccccc21. The summed E-state index contributed by atoms with van der Waals surface area (Å²) in [4.78, 5) is 15.9. The van der Waals surface area contributed by atoms with Gasteiger partial charge >= 0.3 is 6.03 Å². The van der Waals surface area contributed by atoms with E-state index in [9.17, 15) is 4.79 Å². The fourth-order valence-electron chi connectivity index (χ4n) is 2.42. The molecule has 2 aromatic rings. The van der Waals surface area contributed by atoms with Gasteiger partial charge in [0.25, 0.3) is 0 Å². The normalized spacial score (nSPS) is 16.7. The van der Waals surface area contributed by atoms with Crippen molar-refractivity contribution in [1.82, 2.24) is 20.2 Å². The predicted octanol–water partition coefficient (Wildman–Crippen LogP) is 1.71. The van der Waals surface area contributed by atoms with Crippen LogP contribution in [0.3, 0.4) is 0 Å². The largest absolute Gasteiger partial charge is 0.493 e. The number of ether oxygens (including phenoxy) is 1. The van der Waals surface area contributed by atoms with Crippen LogP contribution in [0.1, 0.15) is 18.0 Å². The Bertz CT molecular complexity index is 597. The molecule has 0 spiro atoms. The Morgan fingerprint density at radius 3 is 3.19 bits per heavy atom. The fraction of sp³-hybridized carbons (Fsp3) is 0.333. The van der Waals surface area contributed by atoms with E-state index in [2.05, 4.69) is 15.6 Å². The van der Waals surface area contributed by atoms with Gasteiger partial charge in [0.15, 0.2) is 0 Å². The molecule has 6 heteroatoms. The third-order valence-corrected chi connectivity index (χ3v) is 3.48. The number of rotatable bonds is 4. The molecule has 0 radical (unpaired) electrons. The van der Waals surface area contributed by atoms with Crippen LogP contribution in [0.5, 0.6) is 5.75 Å². The zero-order valence-corrected chi connectivity index (χ0v) is 11.7. The lowest BCUT2D eigenvalue weighted by Crippen LogP contribution is -2.40. The number of hydrogen-bond donors (Lipinski definition) is 2. The van der Waals surface area contributed by atoms with Gasteiger partial charge in [-0.25, -0.2) is 9.78 Å². The van der Waals surface area contributed by atoms with Crippen molar-refractivity contribution in [2.24, 2.45) is 0 Å². The van der Waals surface area contributed by atoms with Crippen LogP contribution in [-0.4, -0.2) is 28.7 Å². The van der Waals surface area contributed by atoms with Gasteiger partial charge < -0.3 is 19.9 Å². The second kappa shape index (κ2) is 6.30. The van der Waals surface area contributed by atoms with Crippen LogP contribution in [0.25, 0.3) is 0 Å². The second-order valence-electron chi connectivity index (χ2n) is 4.93. The molecule has 0 aliphatic carbocycles. The summed E-state index contributed by atoms with van der Waals surface area (Å²) in [5.74, 6) is 0.854. The molecule has 0 bridgehead atoms. The van der Waals surface area contributed by atoms with E-state index >= 15 is 0 Å².